The van der Waals surface area contributed by atoms with Gasteiger partial charge in [0, 0.05) is 30.5 Å². The van der Waals surface area contributed by atoms with E-state index in [4.69, 9.17) is 5.73 Å². The van der Waals surface area contributed by atoms with Gasteiger partial charge in [-0.3, -0.25) is 4.98 Å². The molecule has 2 aromatic heterocycles. The van der Waals surface area contributed by atoms with Crippen molar-refractivity contribution in [2.24, 2.45) is 5.73 Å². The number of fused-ring (bicyclic) bond motifs is 1. The van der Waals surface area contributed by atoms with E-state index in [-0.39, 0.29) is 0 Å². The van der Waals surface area contributed by atoms with Crippen molar-refractivity contribution in [1.82, 2.24) is 14.5 Å². The summed E-state index contributed by atoms with van der Waals surface area (Å²) in [5.74, 6) is 0.904. The maximum atomic E-state index is 5.65. The summed E-state index contributed by atoms with van der Waals surface area (Å²) >= 11 is 0. The van der Waals surface area contributed by atoms with Crippen LogP contribution in [0.3, 0.4) is 0 Å². The third-order valence-corrected chi connectivity index (χ3v) is 3.00. The molecule has 0 saturated heterocycles. The minimum atomic E-state index is 0.460. The van der Waals surface area contributed by atoms with Crippen molar-refractivity contribution in [1.29, 1.82) is 0 Å². The molecule has 3 rings (SSSR count). The summed E-state index contributed by atoms with van der Waals surface area (Å²) in [5.41, 5.74) is 7.89. The number of hydrogen-bond donors (Lipinski definition) is 1. The summed E-state index contributed by atoms with van der Waals surface area (Å²) in [7, 11) is 0. The van der Waals surface area contributed by atoms with E-state index < -0.39 is 0 Å². The van der Waals surface area contributed by atoms with Gasteiger partial charge in [0.15, 0.2) is 0 Å². The minimum Gasteiger partial charge on any atom is -0.329 e. The molecule has 0 aliphatic heterocycles. The van der Waals surface area contributed by atoms with Gasteiger partial charge in [0.05, 0.1) is 12.1 Å². The molecule has 0 bridgehead atoms. The second-order valence-corrected chi connectivity index (χ2v) is 4.21. The molecule has 0 amide bonds. The van der Waals surface area contributed by atoms with Gasteiger partial charge in [-0.1, -0.05) is 12.1 Å². The quantitative estimate of drug-likeness (QED) is 0.758. The second kappa shape index (κ2) is 4.58. The number of hydrogen-bond acceptors (Lipinski definition) is 3. The van der Waals surface area contributed by atoms with Gasteiger partial charge in [-0.2, -0.15) is 0 Å². The van der Waals surface area contributed by atoms with Crippen LogP contribution in [0.25, 0.3) is 10.9 Å². The largest absolute Gasteiger partial charge is 0.329 e. The molecule has 0 aliphatic rings. The summed E-state index contributed by atoms with van der Waals surface area (Å²) in [4.78, 5) is 8.53. The Bertz CT molecular complexity index is 672. The lowest BCUT2D eigenvalue weighted by atomic mass is 10.1. The van der Waals surface area contributed by atoms with Gasteiger partial charge < -0.3 is 10.3 Å². The molecule has 4 nitrogen and oxygen atoms in total. The number of nitrogens with two attached hydrogens (primary N) is 1. The van der Waals surface area contributed by atoms with Crippen molar-refractivity contribution in [2.45, 2.75) is 13.1 Å². The maximum Gasteiger partial charge on any atom is 0.122 e. The first kappa shape index (κ1) is 10.9. The molecule has 2 N–H and O–H groups in total. The molecule has 0 aliphatic carbocycles. The van der Waals surface area contributed by atoms with Crippen molar-refractivity contribution in [2.75, 3.05) is 0 Å². The highest BCUT2D eigenvalue weighted by molar-refractivity contribution is 5.78. The lowest BCUT2D eigenvalue weighted by molar-refractivity contribution is 0.724. The molecule has 0 atom stereocenters. The summed E-state index contributed by atoms with van der Waals surface area (Å²) in [6.07, 6.45) is 5.55. The van der Waals surface area contributed by atoms with Crippen molar-refractivity contribution in [3.8, 4) is 0 Å². The summed E-state index contributed by atoms with van der Waals surface area (Å²) in [6.45, 7) is 1.25. The number of imidazole rings is 1. The highest BCUT2D eigenvalue weighted by atomic mass is 15.1. The van der Waals surface area contributed by atoms with Crippen LogP contribution in [0.4, 0.5) is 0 Å². The fraction of sp³-hybridized carbons (Fsp3) is 0.143. The third kappa shape index (κ3) is 1.98. The Kier molecular flexibility index (Phi) is 2.78. The molecule has 2 heterocycles. The molecule has 0 spiro atoms. The van der Waals surface area contributed by atoms with Gasteiger partial charge in [-0.15, -0.1) is 0 Å². The number of benzene rings is 1. The number of aromatic nitrogens is 3. The van der Waals surface area contributed by atoms with Crippen molar-refractivity contribution in [3.63, 3.8) is 0 Å². The van der Waals surface area contributed by atoms with Crippen LogP contribution in [0, 0.1) is 0 Å². The Hall–Kier alpha value is -2.20. The Balaban J connectivity index is 1.95. The molecule has 4 heteroatoms. The van der Waals surface area contributed by atoms with Gasteiger partial charge in [-0.25, -0.2) is 4.98 Å². The normalized spacial score (nSPS) is 10.9. The predicted octanol–water partition coefficient (Wildman–Crippen LogP) is 1.94. The average molecular weight is 238 g/mol. The van der Waals surface area contributed by atoms with E-state index in [1.54, 1.807) is 6.20 Å². The average Bonchev–Trinajstić information content (AvgIpc) is 2.86. The Labute approximate surface area is 105 Å². The number of nitrogens with zero attached hydrogens (tertiary/aromatic N) is 3. The van der Waals surface area contributed by atoms with E-state index in [0.717, 1.165) is 23.3 Å². The van der Waals surface area contributed by atoms with Gasteiger partial charge in [0.2, 0.25) is 0 Å². The SMILES string of the molecule is NCc1nccn1Cc1ccc2ncccc2c1. The highest BCUT2D eigenvalue weighted by Gasteiger charge is 2.02. The highest BCUT2D eigenvalue weighted by Crippen LogP contribution is 2.14. The predicted molar refractivity (Wildman–Crippen MR) is 71.0 cm³/mol. The van der Waals surface area contributed by atoms with Crippen molar-refractivity contribution < 1.29 is 0 Å². The molecule has 18 heavy (non-hydrogen) atoms. The first-order valence-corrected chi connectivity index (χ1v) is 5.90. The lowest BCUT2D eigenvalue weighted by Crippen LogP contribution is -2.08. The Morgan fingerprint density at radius 1 is 1.11 bits per heavy atom. The zero-order valence-corrected chi connectivity index (χ0v) is 9.95. The monoisotopic (exact) mass is 238 g/mol. The second-order valence-electron chi connectivity index (χ2n) is 4.21. The van der Waals surface area contributed by atoms with E-state index >= 15 is 0 Å². The fourth-order valence-corrected chi connectivity index (χ4v) is 2.09. The third-order valence-electron chi connectivity index (χ3n) is 3.00. The Morgan fingerprint density at radius 2 is 2.06 bits per heavy atom. The molecule has 3 aromatic rings. The standard InChI is InChI=1S/C14H14N4/c15-9-14-17-6-7-18(14)10-11-3-4-13-12(8-11)2-1-5-16-13/h1-8H,9-10,15H2. The van der Waals surface area contributed by atoms with E-state index in [2.05, 4.69) is 32.7 Å². The maximum absolute atomic E-state index is 5.65. The van der Waals surface area contributed by atoms with Gasteiger partial charge in [-0.05, 0) is 23.8 Å². The summed E-state index contributed by atoms with van der Waals surface area (Å²) in [5, 5.41) is 1.16. The molecular formula is C14H14N4. The summed E-state index contributed by atoms with van der Waals surface area (Å²) in [6, 6.07) is 10.3. The van der Waals surface area contributed by atoms with E-state index in [1.165, 1.54) is 5.56 Å². The van der Waals surface area contributed by atoms with Crippen LogP contribution in [0.1, 0.15) is 11.4 Å². The number of rotatable bonds is 3. The zero-order valence-electron chi connectivity index (χ0n) is 9.95. The van der Waals surface area contributed by atoms with Crippen LogP contribution < -0.4 is 5.73 Å². The fourth-order valence-electron chi connectivity index (χ4n) is 2.09. The zero-order chi connectivity index (χ0) is 12.4. The molecule has 0 unspecified atom stereocenters. The van der Waals surface area contributed by atoms with Crippen LogP contribution in [-0.4, -0.2) is 14.5 Å². The van der Waals surface area contributed by atoms with Crippen LogP contribution in [0.15, 0.2) is 48.9 Å². The number of pyridine rings is 1. The van der Waals surface area contributed by atoms with Crippen LogP contribution in [0.2, 0.25) is 0 Å². The first-order valence-electron chi connectivity index (χ1n) is 5.90. The lowest BCUT2D eigenvalue weighted by Gasteiger charge is -2.07. The van der Waals surface area contributed by atoms with Gasteiger partial charge in [0.1, 0.15) is 5.82 Å². The molecule has 1 aromatic carbocycles. The van der Waals surface area contributed by atoms with E-state index in [9.17, 15) is 0 Å². The van der Waals surface area contributed by atoms with Gasteiger partial charge >= 0.3 is 0 Å². The van der Waals surface area contributed by atoms with Crippen LogP contribution in [0.5, 0.6) is 0 Å². The summed E-state index contributed by atoms with van der Waals surface area (Å²) < 4.78 is 2.07. The Morgan fingerprint density at radius 3 is 2.94 bits per heavy atom. The van der Waals surface area contributed by atoms with Crippen molar-refractivity contribution >= 4 is 10.9 Å². The van der Waals surface area contributed by atoms with E-state index in [0.29, 0.717) is 6.54 Å². The van der Waals surface area contributed by atoms with E-state index in [1.807, 2.05) is 24.5 Å². The molecular weight excluding hydrogens is 224 g/mol. The smallest absolute Gasteiger partial charge is 0.122 e. The van der Waals surface area contributed by atoms with Gasteiger partial charge in [0.25, 0.3) is 0 Å². The first-order chi connectivity index (χ1) is 8.86. The topological polar surface area (TPSA) is 56.7 Å². The van der Waals surface area contributed by atoms with Crippen molar-refractivity contribution in [3.05, 3.63) is 60.3 Å². The van der Waals surface area contributed by atoms with Crippen LogP contribution >= 0.6 is 0 Å². The molecule has 0 fully saturated rings. The minimum absolute atomic E-state index is 0.460. The molecule has 90 valence electrons. The molecule has 0 radical (unpaired) electrons. The molecule has 0 saturated carbocycles. The van der Waals surface area contributed by atoms with Crippen LogP contribution in [-0.2, 0) is 13.1 Å².